The summed E-state index contributed by atoms with van der Waals surface area (Å²) < 4.78 is 11.6. The molecule has 3 heteroatoms. The average Bonchev–Trinajstić information content (AvgIpc) is 2.96. The van der Waals surface area contributed by atoms with E-state index in [-0.39, 0.29) is 5.41 Å². The summed E-state index contributed by atoms with van der Waals surface area (Å²) in [6.07, 6.45) is 3.22. The molecule has 1 saturated heterocycles. The van der Waals surface area contributed by atoms with Crippen LogP contribution in [0, 0.1) is 11.3 Å². The zero-order valence-corrected chi connectivity index (χ0v) is 13.8. The van der Waals surface area contributed by atoms with Crippen LogP contribution >= 0.6 is 0 Å². The van der Waals surface area contributed by atoms with Gasteiger partial charge in [0.25, 0.3) is 0 Å². The van der Waals surface area contributed by atoms with Crippen LogP contribution in [0.4, 0.5) is 0 Å². The number of nitriles is 1. The molecular formula is C19H25NO2. The molecule has 0 N–H and O–H groups in total. The Balaban J connectivity index is 1.81. The standard InChI is InChI=1S/C19H25NO2/c1-17(2,3)15-4-6-16(7-5-15)18(14-20)8-10-19(11-9-18)21-12-13-22-19/h4-7H,8-13H2,1-3H3. The first-order valence-corrected chi connectivity index (χ1v) is 8.19. The van der Waals surface area contributed by atoms with Gasteiger partial charge in [-0.3, -0.25) is 0 Å². The number of rotatable bonds is 1. The van der Waals surface area contributed by atoms with Gasteiger partial charge >= 0.3 is 0 Å². The molecule has 1 heterocycles. The second-order valence-electron chi connectivity index (χ2n) is 7.63. The number of nitrogens with zero attached hydrogens (tertiary/aromatic N) is 1. The van der Waals surface area contributed by atoms with Gasteiger partial charge in [-0.15, -0.1) is 0 Å². The van der Waals surface area contributed by atoms with E-state index in [1.165, 1.54) is 5.56 Å². The lowest BCUT2D eigenvalue weighted by Gasteiger charge is -2.40. The second kappa shape index (κ2) is 5.37. The second-order valence-corrected chi connectivity index (χ2v) is 7.63. The van der Waals surface area contributed by atoms with Gasteiger partial charge in [0.05, 0.1) is 24.7 Å². The van der Waals surface area contributed by atoms with Gasteiger partial charge < -0.3 is 9.47 Å². The van der Waals surface area contributed by atoms with Crippen molar-refractivity contribution in [2.45, 2.75) is 63.1 Å². The van der Waals surface area contributed by atoms with Crippen LogP contribution in [0.5, 0.6) is 0 Å². The molecule has 2 aliphatic rings. The fourth-order valence-electron chi connectivity index (χ4n) is 3.60. The molecule has 1 aliphatic carbocycles. The molecule has 1 spiro atoms. The van der Waals surface area contributed by atoms with Gasteiger partial charge in [-0.05, 0) is 29.4 Å². The van der Waals surface area contributed by atoms with Crippen LogP contribution in [-0.2, 0) is 20.3 Å². The first kappa shape index (κ1) is 15.5. The minimum Gasteiger partial charge on any atom is -0.348 e. The van der Waals surface area contributed by atoms with E-state index in [1.54, 1.807) is 0 Å². The monoisotopic (exact) mass is 299 g/mol. The van der Waals surface area contributed by atoms with E-state index in [2.05, 4.69) is 51.1 Å². The molecular weight excluding hydrogens is 274 g/mol. The van der Waals surface area contributed by atoms with Crippen LogP contribution in [0.2, 0.25) is 0 Å². The predicted molar refractivity (Wildman–Crippen MR) is 85.5 cm³/mol. The maximum Gasteiger partial charge on any atom is 0.168 e. The molecule has 3 nitrogen and oxygen atoms in total. The van der Waals surface area contributed by atoms with Crippen molar-refractivity contribution in [2.75, 3.05) is 13.2 Å². The smallest absolute Gasteiger partial charge is 0.168 e. The van der Waals surface area contributed by atoms with Crippen LogP contribution in [-0.4, -0.2) is 19.0 Å². The maximum absolute atomic E-state index is 9.82. The number of benzene rings is 1. The van der Waals surface area contributed by atoms with E-state index >= 15 is 0 Å². The largest absolute Gasteiger partial charge is 0.348 e. The zero-order valence-electron chi connectivity index (χ0n) is 13.8. The van der Waals surface area contributed by atoms with Crippen molar-refractivity contribution < 1.29 is 9.47 Å². The maximum atomic E-state index is 9.82. The molecule has 1 saturated carbocycles. The lowest BCUT2D eigenvalue weighted by Crippen LogP contribution is -2.41. The third-order valence-corrected chi connectivity index (χ3v) is 5.20. The quantitative estimate of drug-likeness (QED) is 0.785. The number of hydrogen-bond acceptors (Lipinski definition) is 3. The third-order valence-electron chi connectivity index (χ3n) is 5.20. The van der Waals surface area contributed by atoms with E-state index in [1.807, 2.05) is 0 Å². The average molecular weight is 299 g/mol. The topological polar surface area (TPSA) is 42.2 Å². The normalized spacial score (nSPS) is 23.4. The van der Waals surface area contributed by atoms with Gasteiger partial charge in [-0.1, -0.05) is 45.0 Å². The van der Waals surface area contributed by atoms with Gasteiger partial charge in [0.1, 0.15) is 0 Å². The zero-order chi connectivity index (χ0) is 15.8. The Labute approximate surface area is 133 Å². The Hall–Kier alpha value is -1.37. The lowest BCUT2D eigenvalue weighted by molar-refractivity contribution is -0.182. The Bertz CT molecular complexity index is 561. The van der Waals surface area contributed by atoms with E-state index in [0.717, 1.165) is 31.2 Å². The van der Waals surface area contributed by atoms with Gasteiger partial charge in [-0.25, -0.2) is 0 Å². The molecule has 22 heavy (non-hydrogen) atoms. The molecule has 0 radical (unpaired) electrons. The van der Waals surface area contributed by atoms with Crippen molar-refractivity contribution in [1.29, 1.82) is 5.26 Å². The van der Waals surface area contributed by atoms with E-state index in [4.69, 9.17) is 9.47 Å². The molecule has 0 amide bonds. The summed E-state index contributed by atoms with van der Waals surface area (Å²) in [4.78, 5) is 0. The summed E-state index contributed by atoms with van der Waals surface area (Å²) in [5.41, 5.74) is 2.19. The van der Waals surface area contributed by atoms with Crippen molar-refractivity contribution in [3.63, 3.8) is 0 Å². The van der Waals surface area contributed by atoms with Gasteiger partial charge in [-0.2, -0.15) is 5.26 Å². The van der Waals surface area contributed by atoms with Crippen LogP contribution in [0.1, 0.15) is 57.6 Å². The highest BCUT2D eigenvalue weighted by atomic mass is 16.7. The molecule has 0 aromatic heterocycles. The first-order chi connectivity index (χ1) is 10.4. The third kappa shape index (κ3) is 2.66. The number of ether oxygens (including phenoxy) is 2. The van der Waals surface area contributed by atoms with Gasteiger partial charge in [0.15, 0.2) is 5.79 Å². The molecule has 1 aliphatic heterocycles. The summed E-state index contributed by atoms with van der Waals surface area (Å²) in [7, 11) is 0. The van der Waals surface area contributed by atoms with Crippen LogP contribution in [0.15, 0.2) is 24.3 Å². The van der Waals surface area contributed by atoms with E-state index < -0.39 is 11.2 Å². The molecule has 0 bridgehead atoms. The highest BCUT2D eigenvalue weighted by molar-refractivity contribution is 5.37. The fourth-order valence-corrected chi connectivity index (χ4v) is 3.60. The van der Waals surface area contributed by atoms with Crippen LogP contribution in [0.25, 0.3) is 0 Å². The Morgan fingerprint density at radius 2 is 1.50 bits per heavy atom. The van der Waals surface area contributed by atoms with Crippen molar-refractivity contribution >= 4 is 0 Å². The van der Waals surface area contributed by atoms with Gasteiger partial charge in [0, 0.05) is 12.8 Å². The van der Waals surface area contributed by atoms with Crippen LogP contribution in [0.3, 0.4) is 0 Å². The molecule has 0 unspecified atom stereocenters. The highest BCUT2D eigenvalue weighted by Crippen LogP contribution is 2.46. The van der Waals surface area contributed by atoms with Crippen molar-refractivity contribution in [3.05, 3.63) is 35.4 Å². The highest BCUT2D eigenvalue weighted by Gasteiger charge is 2.47. The Kier molecular flexibility index (Phi) is 3.79. The minimum absolute atomic E-state index is 0.139. The van der Waals surface area contributed by atoms with Crippen molar-refractivity contribution in [2.24, 2.45) is 0 Å². The summed E-state index contributed by atoms with van der Waals surface area (Å²) in [5.74, 6) is -0.411. The van der Waals surface area contributed by atoms with Crippen molar-refractivity contribution in [3.8, 4) is 6.07 Å². The molecule has 0 atom stereocenters. The van der Waals surface area contributed by atoms with Crippen LogP contribution < -0.4 is 0 Å². The Morgan fingerprint density at radius 3 is 1.95 bits per heavy atom. The van der Waals surface area contributed by atoms with E-state index in [0.29, 0.717) is 13.2 Å². The summed E-state index contributed by atoms with van der Waals surface area (Å²) >= 11 is 0. The fraction of sp³-hybridized carbons (Fsp3) is 0.632. The lowest BCUT2D eigenvalue weighted by atomic mass is 9.68. The van der Waals surface area contributed by atoms with Crippen molar-refractivity contribution in [1.82, 2.24) is 0 Å². The molecule has 3 rings (SSSR count). The van der Waals surface area contributed by atoms with E-state index in [9.17, 15) is 5.26 Å². The molecule has 118 valence electrons. The number of hydrogen-bond donors (Lipinski definition) is 0. The minimum atomic E-state index is -0.411. The molecule has 1 aromatic carbocycles. The summed E-state index contributed by atoms with van der Waals surface area (Å²) in [6, 6.07) is 11.2. The summed E-state index contributed by atoms with van der Waals surface area (Å²) in [6.45, 7) is 7.99. The SMILES string of the molecule is CC(C)(C)c1ccc(C2(C#N)CCC3(CC2)OCCO3)cc1. The van der Waals surface area contributed by atoms with Gasteiger partial charge in [0.2, 0.25) is 0 Å². The first-order valence-electron chi connectivity index (χ1n) is 8.19. The predicted octanol–water partition coefficient (Wildman–Crippen LogP) is 4.06. The molecule has 2 fully saturated rings. The molecule has 1 aromatic rings. The Morgan fingerprint density at radius 1 is 0.955 bits per heavy atom. The summed E-state index contributed by atoms with van der Waals surface area (Å²) in [5, 5.41) is 9.82.